The van der Waals surface area contributed by atoms with Crippen molar-refractivity contribution in [2.75, 3.05) is 0 Å². The summed E-state index contributed by atoms with van der Waals surface area (Å²) in [7, 11) is 0. The van der Waals surface area contributed by atoms with Crippen molar-refractivity contribution in [2.45, 2.75) is 32.0 Å². The normalized spacial score (nSPS) is 15.8. The van der Waals surface area contributed by atoms with E-state index < -0.39 is 0 Å². The van der Waals surface area contributed by atoms with Gasteiger partial charge in [0.1, 0.15) is 6.10 Å². The predicted octanol–water partition coefficient (Wildman–Crippen LogP) is 2.66. The number of benzene rings is 1. The first-order valence-electron chi connectivity index (χ1n) is 6.03. The van der Waals surface area contributed by atoms with Crippen molar-refractivity contribution in [2.24, 2.45) is 0 Å². The van der Waals surface area contributed by atoms with Gasteiger partial charge in [0, 0.05) is 11.5 Å². The number of hydrogen-bond acceptors (Lipinski definition) is 3. The Morgan fingerprint density at radius 2 is 2.12 bits per heavy atom. The molecule has 2 aromatic rings. The highest BCUT2D eigenvalue weighted by Gasteiger charge is 2.20. The summed E-state index contributed by atoms with van der Waals surface area (Å²) in [4.78, 5) is 4.47. The molecule has 1 heterocycles. The molecular weight excluding hydrogens is 214 g/mol. The minimum absolute atomic E-state index is 0.0179. The largest absolute Gasteiger partial charge is 0.474 e. The zero-order valence-electron chi connectivity index (χ0n) is 9.60. The Labute approximate surface area is 100 Å². The molecule has 0 amide bonds. The minimum Gasteiger partial charge on any atom is -0.474 e. The van der Waals surface area contributed by atoms with Crippen LogP contribution in [0.1, 0.15) is 24.8 Å². The van der Waals surface area contributed by atoms with Crippen LogP contribution in [0.15, 0.2) is 30.3 Å². The second-order valence-corrected chi connectivity index (χ2v) is 4.47. The summed E-state index contributed by atoms with van der Waals surface area (Å²) in [6.07, 6.45) is 3.78. The summed E-state index contributed by atoms with van der Waals surface area (Å²) in [5, 5.41) is 10.4. The van der Waals surface area contributed by atoms with Crippen molar-refractivity contribution >= 4 is 10.9 Å². The van der Waals surface area contributed by atoms with Crippen molar-refractivity contribution in [1.29, 1.82) is 0 Å². The van der Waals surface area contributed by atoms with E-state index in [0.717, 1.165) is 29.3 Å². The number of hydrogen-bond donors (Lipinski definition) is 1. The predicted molar refractivity (Wildman–Crippen MR) is 65.9 cm³/mol. The topological polar surface area (TPSA) is 42.4 Å². The van der Waals surface area contributed by atoms with Crippen LogP contribution < -0.4 is 4.74 Å². The third kappa shape index (κ3) is 1.98. The van der Waals surface area contributed by atoms with E-state index in [9.17, 15) is 5.11 Å². The lowest BCUT2D eigenvalue weighted by molar-refractivity contribution is 0.115. The number of nitrogens with zero attached hydrogens (tertiary/aromatic N) is 1. The fourth-order valence-corrected chi connectivity index (χ4v) is 2.07. The average molecular weight is 229 g/mol. The fourth-order valence-electron chi connectivity index (χ4n) is 2.07. The molecule has 1 aliphatic carbocycles. The molecule has 3 nitrogen and oxygen atoms in total. The van der Waals surface area contributed by atoms with Gasteiger partial charge in [-0.25, -0.2) is 4.98 Å². The number of aliphatic hydroxyl groups excluding tert-OH is 1. The van der Waals surface area contributed by atoms with Crippen molar-refractivity contribution in [3.05, 3.63) is 35.9 Å². The first-order valence-corrected chi connectivity index (χ1v) is 6.03. The molecule has 1 N–H and O–H groups in total. The molecule has 0 bridgehead atoms. The molecule has 88 valence electrons. The molecule has 1 saturated carbocycles. The van der Waals surface area contributed by atoms with E-state index in [2.05, 4.69) is 4.98 Å². The van der Waals surface area contributed by atoms with Crippen LogP contribution in [0, 0.1) is 0 Å². The molecule has 0 atom stereocenters. The van der Waals surface area contributed by atoms with Crippen molar-refractivity contribution in [3.8, 4) is 5.88 Å². The third-order valence-electron chi connectivity index (χ3n) is 3.29. The van der Waals surface area contributed by atoms with E-state index in [-0.39, 0.29) is 6.61 Å². The van der Waals surface area contributed by atoms with E-state index in [4.69, 9.17) is 4.74 Å². The first-order chi connectivity index (χ1) is 8.36. The van der Waals surface area contributed by atoms with Crippen molar-refractivity contribution in [3.63, 3.8) is 0 Å². The molecule has 1 aromatic carbocycles. The van der Waals surface area contributed by atoms with Crippen LogP contribution >= 0.6 is 0 Å². The molecule has 3 rings (SSSR count). The maximum Gasteiger partial charge on any atom is 0.214 e. The number of aromatic nitrogens is 1. The Hall–Kier alpha value is -1.61. The highest BCUT2D eigenvalue weighted by molar-refractivity contribution is 5.82. The molecule has 0 unspecified atom stereocenters. The Morgan fingerprint density at radius 1 is 1.29 bits per heavy atom. The Morgan fingerprint density at radius 3 is 2.82 bits per heavy atom. The van der Waals surface area contributed by atoms with Gasteiger partial charge in [-0.15, -0.1) is 0 Å². The monoisotopic (exact) mass is 229 g/mol. The Balaban J connectivity index is 2.01. The smallest absolute Gasteiger partial charge is 0.214 e. The lowest BCUT2D eigenvalue weighted by Crippen LogP contribution is -2.25. The summed E-state index contributed by atoms with van der Waals surface area (Å²) >= 11 is 0. The van der Waals surface area contributed by atoms with Gasteiger partial charge in [-0.3, -0.25) is 0 Å². The molecule has 0 saturated heterocycles. The molecule has 1 aromatic heterocycles. The van der Waals surface area contributed by atoms with Crippen LogP contribution in [-0.4, -0.2) is 16.2 Å². The number of para-hydroxylation sites is 1. The van der Waals surface area contributed by atoms with E-state index in [1.165, 1.54) is 6.42 Å². The van der Waals surface area contributed by atoms with Gasteiger partial charge in [-0.05, 0) is 30.9 Å². The van der Waals surface area contributed by atoms with Crippen LogP contribution in [0.5, 0.6) is 5.88 Å². The van der Waals surface area contributed by atoms with Gasteiger partial charge in [0.05, 0.1) is 12.1 Å². The number of ether oxygens (including phenoxy) is 1. The molecule has 0 radical (unpaired) electrons. The number of fused-ring (bicyclic) bond motifs is 1. The molecule has 3 heteroatoms. The highest BCUT2D eigenvalue weighted by atomic mass is 16.5. The highest BCUT2D eigenvalue weighted by Crippen LogP contribution is 2.27. The van der Waals surface area contributed by atoms with Gasteiger partial charge >= 0.3 is 0 Å². The summed E-state index contributed by atoms with van der Waals surface area (Å²) in [5.41, 5.74) is 1.76. The summed E-state index contributed by atoms with van der Waals surface area (Å²) < 4.78 is 5.78. The quantitative estimate of drug-likeness (QED) is 0.879. The second kappa shape index (κ2) is 4.34. The second-order valence-electron chi connectivity index (χ2n) is 4.47. The Kier molecular flexibility index (Phi) is 2.69. The van der Waals surface area contributed by atoms with Crippen LogP contribution in [0.4, 0.5) is 0 Å². The zero-order chi connectivity index (χ0) is 11.7. The van der Waals surface area contributed by atoms with Crippen molar-refractivity contribution in [1.82, 2.24) is 4.98 Å². The fraction of sp³-hybridized carbons (Fsp3) is 0.357. The van der Waals surface area contributed by atoms with Gasteiger partial charge < -0.3 is 9.84 Å². The maximum absolute atomic E-state index is 9.38. The molecule has 1 aliphatic rings. The van der Waals surface area contributed by atoms with E-state index in [0.29, 0.717) is 12.0 Å². The molecule has 1 fully saturated rings. The number of aliphatic hydroxyl groups is 1. The summed E-state index contributed by atoms with van der Waals surface area (Å²) in [5.74, 6) is 0.637. The minimum atomic E-state index is 0.0179. The molecule has 0 spiro atoms. The van der Waals surface area contributed by atoms with Gasteiger partial charge in [-0.2, -0.15) is 0 Å². The van der Waals surface area contributed by atoms with Crippen LogP contribution in [0.25, 0.3) is 10.9 Å². The zero-order valence-corrected chi connectivity index (χ0v) is 9.60. The Bertz CT molecular complexity index is 535. The van der Waals surface area contributed by atoms with E-state index in [1.807, 2.05) is 30.3 Å². The van der Waals surface area contributed by atoms with Gasteiger partial charge in [0.2, 0.25) is 5.88 Å². The summed E-state index contributed by atoms with van der Waals surface area (Å²) in [6, 6.07) is 9.67. The first kappa shape index (κ1) is 10.5. The van der Waals surface area contributed by atoms with E-state index >= 15 is 0 Å². The molecule has 17 heavy (non-hydrogen) atoms. The van der Waals surface area contributed by atoms with Gasteiger partial charge in [0.15, 0.2) is 0 Å². The lowest BCUT2D eigenvalue weighted by Gasteiger charge is -2.26. The van der Waals surface area contributed by atoms with Crippen LogP contribution in [-0.2, 0) is 6.61 Å². The summed E-state index contributed by atoms with van der Waals surface area (Å²) in [6.45, 7) is 0.0179. The lowest BCUT2D eigenvalue weighted by atomic mass is 9.96. The standard InChI is InChI=1S/C14H15NO2/c16-9-10-8-14(17-11-4-3-5-11)15-13-7-2-1-6-12(10)13/h1-2,6-8,11,16H,3-5,9H2. The van der Waals surface area contributed by atoms with Crippen LogP contribution in [0.3, 0.4) is 0 Å². The van der Waals surface area contributed by atoms with Gasteiger partial charge in [-0.1, -0.05) is 18.2 Å². The van der Waals surface area contributed by atoms with Gasteiger partial charge in [0.25, 0.3) is 0 Å². The number of pyridine rings is 1. The van der Waals surface area contributed by atoms with Crippen molar-refractivity contribution < 1.29 is 9.84 Å². The molecular formula is C14H15NO2. The third-order valence-corrected chi connectivity index (χ3v) is 3.29. The van der Waals surface area contributed by atoms with E-state index in [1.54, 1.807) is 0 Å². The molecule has 0 aliphatic heterocycles. The van der Waals surface area contributed by atoms with Crippen LogP contribution in [0.2, 0.25) is 0 Å². The maximum atomic E-state index is 9.38. The number of rotatable bonds is 3. The SMILES string of the molecule is OCc1cc(OC2CCC2)nc2ccccc12. The average Bonchev–Trinajstić information content (AvgIpc) is 2.33.